The van der Waals surface area contributed by atoms with Crippen molar-refractivity contribution >= 4 is 29.9 Å². The smallest absolute Gasteiger partial charge is 0.191 e. The SMILES string of the molecule is CN=C(NCC(C)C)NCC(C)(C)N1CCCCC1.I. The van der Waals surface area contributed by atoms with Crippen molar-refractivity contribution in [2.75, 3.05) is 33.2 Å². The standard InChI is InChI=1S/C15H32N4.HI/c1-13(2)11-17-14(16-5)18-12-15(3,4)19-9-7-6-8-10-19;/h13H,6-12H2,1-5H3,(H2,16,17,18);1H. The first-order valence-corrected chi connectivity index (χ1v) is 7.65. The van der Waals surface area contributed by atoms with Crippen LogP contribution in [0.25, 0.3) is 0 Å². The number of rotatable bonds is 5. The van der Waals surface area contributed by atoms with E-state index >= 15 is 0 Å². The van der Waals surface area contributed by atoms with Crippen molar-refractivity contribution in [1.29, 1.82) is 0 Å². The fourth-order valence-electron chi connectivity index (χ4n) is 2.43. The zero-order valence-electron chi connectivity index (χ0n) is 13.8. The molecule has 1 rings (SSSR count). The largest absolute Gasteiger partial charge is 0.356 e. The summed E-state index contributed by atoms with van der Waals surface area (Å²) in [6.07, 6.45) is 4.06. The molecule has 0 aromatic rings. The van der Waals surface area contributed by atoms with Gasteiger partial charge in [0.1, 0.15) is 0 Å². The van der Waals surface area contributed by atoms with Gasteiger partial charge in [-0.25, -0.2) is 0 Å². The summed E-state index contributed by atoms with van der Waals surface area (Å²) in [6, 6.07) is 0. The first-order valence-electron chi connectivity index (χ1n) is 7.65. The maximum Gasteiger partial charge on any atom is 0.191 e. The molecule has 1 aliphatic rings. The molecule has 1 fully saturated rings. The first-order chi connectivity index (χ1) is 8.95. The molecule has 4 nitrogen and oxygen atoms in total. The monoisotopic (exact) mass is 396 g/mol. The van der Waals surface area contributed by atoms with E-state index in [1.807, 2.05) is 7.05 Å². The highest BCUT2D eigenvalue weighted by atomic mass is 127. The topological polar surface area (TPSA) is 39.7 Å². The van der Waals surface area contributed by atoms with Crippen LogP contribution in [-0.2, 0) is 0 Å². The number of halogens is 1. The van der Waals surface area contributed by atoms with E-state index in [9.17, 15) is 0 Å². The Labute approximate surface area is 142 Å². The van der Waals surface area contributed by atoms with Gasteiger partial charge in [0.15, 0.2) is 5.96 Å². The van der Waals surface area contributed by atoms with Crippen molar-refractivity contribution in [2.24, 2.45) is 10.9 Å². The van der Waals surface area contributed by atoms with Crippen LogP contribution >= 0.6 is 24.0 Å². The van der Waals surface area contributed by atoms with Crippen LogP contribution in [0.3, 0.4) is 0 Å². The summed E-state index contributed by atoms with van der Waals surface area (Å²) in [7, 11) is 1.84. The Balaban J connectivity index is 0.00000361. The van der Waals surface area contributed by atoms with E-state index < -0.39 is 0 Å². The van der Waals surface area contributed by atoms with Crippen LogP contribution in [0.1, 0.15) is 47.0 Å². The molecule has 0 aromatic heterocycles. The van der Waals surface area contributed by atoms with Gasteiger partial charge in [0.05, 0.1) is 0 Å². The third kappa shape index (κ3) is 7.11. The van der Waals surface area contributed by atoms with Crippen molar-refractivity contribution in [1.82, 2.24) is 15.5 Å². The Morgan fingerprint density at radius 3 is 2.25 bits per heavy atom. The second kappa shape index (κ2) is 9.82. The van der Waals surface area contributed by atoms with E-state index in [0.717, 1.165) is 19.0 Å². The highest BCUT2D eigenvalue weighted by Gasteiger charge is 2.27. The van der Waals surface area contributed by atoms with E-state index in [1.54, 1.807) is 0 Å². The van der Waals surface area contributed by atoms with Crippen LogP contribution in [0, 0.1) is 5.92 Å². The predicted molar refractivity (Wildman–Crippen MR) is 99.1 cm³/mol. The number of aliphatic imine (C=N–C) groups is 1. The third-order valence-corrected chi connectivity index (χ3v) is 3.80. The van der Waals surface area contributed by atoms with Gasteiger partial charge in [-0.1, -0.05) is 20.3 Å². The number of hydrogen-bond acceptors (Lipinski definition) is 2. The van der Waals surface area contributed by atoms with Gasteiger partial charge in [-0.2, -0.15) is 0 Å². The number of guanidine groups is 1. The van der Waals surface area contributed by atoms with E-state index in [1.165, 1.54) is 32.4 Å². The van der Waals surface area contributed by atoms with Crippen molar-refractivity contribution in [3.63, 3.8) is 0 Å². The molecule has 0 unspecified atom stereocenters. The van der Waals surface area contributed by atoms with Crippen molar-refractivity contribution in [2.45, 2.75) is 52.5 Å². The molecule has 0 aliphatic carbocycles. The summed E-state index contributed by atoms with van der Waals surface area (Å²) >= 11 is 0. The summed E-state index contributed by atoms with van der Waals surface area (Å²) in [5.74, 6) is 1.55. The minimum atomic E-state index is 0. The van der Waals surface area contributed by atoms with Gasteiger partial charge in [0.25, 0.3) is 0 Å². The maximum absolute atomic E-state index is 4.28. The second-order valence-electron chi connectivity index (χ2n) is 6.56. The fourth-order valence-corrected chi connectivity index (χ4v) is 2.43. The molecule has 120 valence electrons. The zero-order chi connectivity index (χ0) is 14.3. The minimum absolute atomic E-state index is 0. The Hall–Kier alpha value is -0.0400. The average Bonchev–Trinajstić information content (AvgIpc) is 2.39. The number of piperidine rings is 1. The number of hydrogen-bond donors (Lipinski definition) is 2. The molecule has 2 N–H and O–H groups in total. The van der Waals surface area contributed by atoms with Crippen molar-refractivity contribution in [3.05, 3.63) is 0 Å². The van der Waals surface area contributed by atoms with E-state index in [2.05, 4.69) is 48.2 Å². The van der Waals surface area contributed by atoms with Gasteiger partial charge < -0.3 is 10.6 Å². The van der Waals surface area contributed by atoms with Gasteiger partial charge in [-0.3, -0.25) is 9.89 Å². The van der Waals surface area contributed by atoms with Crippen LogP contribution in [0.4, 0.5) is 0 Å². The van der Waals surface area contributed by atoms with Gasteiger partial charge in [0, 0.05) is 25.7 Å². The molecule has 1 heterocycles. The highest BCUT2D eigenvalue weighted by molar-refractivity contribution is 14.0. The highest BCUT2D eigenvalue weighted by Crippen LogP contribution is 2.19. The van der Waals surface area contributed by atoms with Crippen LogP contribution in [0.5, 0.6) is 0 Å². The third-order valence-electron chi connectivity index (χ3n) is 3.80. The quantitative estimate of drug-likeness (QED) is 0.427. The summed E-state index contributed by atoms with van der Waals surface area (Å²) in [4.78, 5) is 6.88. The first kappa shape index (κ1) is 20.0. The molecule has 0 saturated carbocycles. The lowest BCUT2D eigenvalue weighted by atomic mass is 9.98. The fraction of sp³-hybridized carbons (Fsp3) is 0.933. The predicted octanol–water partition coefficient (Wildman–Crippen LogP) is 2.69. The zero-order valence-corrected chi connectivity index (χ0v) is 16.2. The molecule has 0 spiro atoms. The lowest BCUT2D eigenvalue weighted by molar-refractivity contribution is 0.0982. The number of nitrogens with one attached hydrogen (secondary N) is 2. The van der Waals surface area contributed by atoms with Crippen LogP contribution in [0.2, 0.25) is 0 Å². The van der Waals surface area contributed by atoms with Gasteiger partial charge >= 0.3 is 0 Å². The molecular formula is C15H33IN4. The van der Waals surface area contributed by atoms with Crippen LogP contribution in [0.15, 0.2) is 4.99 Å². The molecule has 5 heteroatoms. The van der Waals surface area contributed by atoms with Gasteiger partial charge in [-0.15, -0.1) is 24.0 Å². The molecule has 20 heavy (non-hydrogen) atoms. The molecule has 0 aromatic carbocycles. The Bertz CT molecular complexity index is 284. The summed E-state index contributed by atoms with van der Waals surface area (Å²) in [5.41, 5.74) is 0.190. The van der Waals surface area contributed by atoms with Gasteiger partial charge in [0.2, 0.25) is 0 Å². The maximum atomic E-state index is 4.28. The molecule has 0 radical (unpaired) electrons. The second-order valence-corrected chi connectivity index (χ2v) is 6.56. The normalized spacial score (nSPS) is 17.8. The Morgan fingerprint density at radius 1 is 1.15 bits per heavy atom. The van der Waals surface area contributed by atoms with Crippen LogP contribution in [-0.4, -0.2) is 49.6 Å². The number of nitrogens with zero attached hydrogens (tertiary/aromatic N) is 2. The Morgan fingerprint density at radius 2 is 1.75 bits per heavy atom. The Kier molecular flexibility index (Phi) is 9.80. The van der Waals surface area contributed by atoms with Crippen molar-refractivity contribution < 1.29 is 0 Å². The molecule has 0 bridgehead atoms. The molecular weight excluding hydrogens is 363 g/mol. The van der Waals surface area contributed by atoms with E-state index in [0.29, 0.717) is 5.92 Å². The van der Waals surface area contributed by atoms with Crippen molar-refractivity contribution in [3.8, 4) is 0 Å². The molecule has 0 amide bonds. The lowest BCUT2D eigenvalue weighted by Gasteiger charge is -2.41. The summed E-state index contributed by atoms with van der Waals surface area (Å²) < 4.78 is 0. The summed E-state index contributed by atoms with van der Waals surface area (Å²) in [6.45, 7) is 13.4. The average molecular weight is 396 g/mol. The molecule has 1 saturated heterocycles. The number of likely N-dealkylation sites (tertiary alicyclic amines) is 1. The van der Waals surface area contributed by atoms with Gasteiger partial charge in [-0.05, 0) is 45.7 Å². The lowest BCUT2D eigenvalue weighted by Crippen LogP contribution is -2.55. The van der Waals surface area contributed by atoms with E-state index in [-0.39, 0.29) is 29.5 Å². The minimum Gasteiger partial charge on any atom is -0.356 e. The molecule has 1 aliphatic heterocycles. The summed E-state index contributed by atoms with van der Waals surface area (Å²) in [5, 5.41) is 6.82. The van der Waals surface area contributed by atoms with Crippen LogP contribution < -0.4 is 10.6 Å². The van der Waals surface area contributed by atoms with E-state index in [4.69, 9.17) is 0 Å². The molecule has 0 atom stereocenters.